The maximum atomic E-state index is 11.9. The standard InChI is InChI=1S/C16H16BrNO2S/c1-11-8-13(17)4-7-15(11)21-10-16(20)18-14-5-2-12(9-19)3-6-14/h2-8,19H,9-10H2,1H3,(H,18,20). The molecule has 0 heterocycles. The van der Waals surface area contributed by atoms with Crippen molar-refractivity contribution in [1.82, 2.24) is 0 Å². The van der Waals surface area contributed by atoms with Gasteiger partial charge in [-0.15, -0.1) is 11.8 Å². The van der Waals surface area contributed by atoms with Crippen molar-refractivity contribution >= 4 is 39.3 Å². The molecular weight excluding hydrogens is 350 g/mol. The van der Waals surface area contributed by atoms with Gasteiger partial charge in [0.05, 0.1) is 12.4 Å². The van der Waals surface area contributed by atoms with Crippen LogP contribution in [0.2, 0.25) is 0 Å². The lowest BCUT2D eigenvalue weighted by atomic mass is 10.2. The Morgan fingerprint density at radius 2 is 1.95 bits per heavy atom. The molecule has 110 valence electrons. The van der Waals surface area contributed by atoms with Gasteiger partial charge in [-0.3, -0.25) is 4.79 Å². The quantitative estimate of drug-likeness (QED) is 0.787. The summed E-state index contributed by atoms with van der Waals surface area (Å²) in [5, 5.41) is 11.8. The van der Waals surface area contributed by atoms with Crippen molar-refractivity contribution in [3.05, 3.63) is 58.1 Å². The number of hydrogen-bond donors (Lipinski definition) is 2. The first-order chi connectivity index (χ1) is 10.1. The van der Waals surface area contributed by atoms with Crippen LogP contribution in [0.25, 0.3) is 0 Å². The van der Waals surface area contributed by atoms with Crippen molar-refractivity contribution in [2.24, 2.45) is 0 Å². The molecule has 2 N–H and O–H groups in total. The summed E-state index contributed by atoms with van der Waals surface area (Å²) in [4.78, 5) is 13.0. The van der Waals surface area contributed by atoms with Crippen molar-refractivity contribution < 1.29 is 9.90 Å². The molecule has 0 radical (unpaired) electrons. The summed E-state index contributed by atoms with van der Waals surface area (Å²) in [5.41, 5.74) is 2.72. The minimum Gasteiger partial charge on any atom is -0.392 e. The smallest absolute Gasteiger partial charge is 0.234 e. The van der Waals surface area contributed by atoms with E-state index in [1.165, 1.54) is 11.8 Å². The molecule has 0 aromatic heterocycles. The van der Waals surface area contributed by atoms with Gasteiger partial charge in [0.2, 0.25) is 5.91 Å². The molecule has 21 heavy (non-hydrogen) atoms. The summed E-state index contributed by atoms with van der Waals surface area (Å²) in [6.07, 6.45) is 0. The summed E-state index contributed by atoms with van der Waals surface area (Å²) in [6, 6.07) is 13.2. The number of carbonyl (C=O) groups excluding carboxylic acids is 1. The molecule has 2 aromatic rings. The van der Waals surface area contributed by atoms with E-state index >= 15 is 0 Å². The Kier molecular flexibility index (Phi) is 5.85. The Morgan fingerprint density at radius 3 is 2.57 bits per heavy atom. The normalized spacial score (nSPS) is 10.4. The first kappa shape index (κ1) is 16.1. The van der Waals surface area contributed by atoms with Crippen molar-refractivity contribution in [3.8, 4) is 0 Å². The average molecular weight is 366 g/mol. The fourth-order valence-electron chi connectivity index (χ4n) is 1.81. The molecule has 0 saturated heterocycles. The third kappa shape index (κ3) is 4.88. The average Bonchev–Trinajstić information content (AvgIpc) is 2.47. The first-order valence-electron chi connectivity index (χ1n) is 6.47. The molecule has 0 aliphatic heterocycles. The lowest BCUT2D eigenvalue weighted by Gasteiger charge is -2.08. The van der Waals surface area contributed by atoms with Crippen LogP contribution in [0.3, 0.4) is 0 Å². The summed E-state index contributed by atoms with van der Waals surface area (Å²) >= 11 is 4.94. The lowest BCUT2D eigenvalue weighted by Crippen LogP contribution is -2.14. The molecule has 2 rings (SSSR count). The number of aliphatic hydroxyl groups is 1. The van der Waals surface area contributed by atoms with E-state index < -0.39 is 0 Å². The highest BCUT2D eigenvalue weighted by Gasteiger charge is 2.06. The van der Waals surface area contributed by atoms with Gasteiger partial charge in [-0.1, -0.05) is 28.1 Å². The van der Waals surface area contributed by atoms with E-state index in [2.05, 4.69) is 21.2 Å². The Hall–Kier alpha value is -1.30. The molecule has 5 heteroatoms. The fraction of sp³-hybridized carbons (Fsp3) is 0.188. The largest absolute Gasteiger partial charge is 0.392 e. The third-order valence-corrected chi connectivity index (χ3v) is 4.58. The van der Waals surface area contributed by atoms with Gasteiger partial charge >= 0.3 is 0 Å². The predicted molar refractivity (Wildman–Crippen MR) is 90.6 cm³/mol. The zero-order chi connectivity index (χ0) is 15.2. The number of amides is 1. The van der Waals surface area contributed by atoms with Gasteiger partial charge in [0.1, 0.15) is 0 Å². The number of rotatable bonds is 5. The molecule has 3 nitrogen and oxygen atoms in total. The van der Waals surface area contributed by atoms with Crippen LogP contribution in [0.5, 0.6) is 0 Å². The van der Waals surface area contributed by atoms with Crippen LogP contribution in [0.15, 0.2) is 51.8 Å². The summed E-state index contributed by atoms with van der Waals surface area (Å²) in [7, 11) is 0. The number of hydrogen-bond acceptors (Lipinski definition) is 3. The highest BCUT2D eigenvalue weighted by molar-refractivity contribution is 9.10. The second kappa shape index (κ2) is 7.64. The molecule has 0 spiro atoms. The van der Waals surface area contributed by atoms with Gasteiger partial charge in [-0.05, 0) is 48.4 Å². The van der Waals surface area contributed by atoms with E-state index in [1.54, 1.807) is 24.3 Å². The van der Waals surface area contributed by atoms with E-state index in [4.69, 9.17) is 5.11 Å². The Labute approximate surface area is 136 Å². The van der Waals surface area contributed by atoms with Gasteiger partial charge < -0.3 is 10.4 Å². The number of nitrogens with one attached hydrogen (secondary N) is 1. The second-order valence-corrected chi connectivity index (χ2v) is 6.53. The maximum absolute atomic E-state index is 11.9. The highest BCUT2D eigenvalue weighted by atomic mass is 79.9. The number of benzene rings is 2. The number of thioether (sulfide) groups is 1. The number of carbonyl (C=O) groups is 1. The first-order valence-corrected chi connectivity index (χ1v) is 8.25. The molecule has 1 amide bonds. The van der Waals surface area contributed by atoms with Crippen LogP contribution < -0.4 is 5.32 Å². The Balaban J connectivity index is 1.89. The Bertz CT molecular complexity index is 629. The van der Waals surface area contributed by atoms with E-state index in [-0.39, 0.29) is 12.5 Å². The third-order valence-electron chi connectivity index (χ3n) is 2.92. The van der Waals surface area contributed by atoms with Crippen molar-refractivity contribution in [2.75, 3.05) is 11.1 Å². The molecular formula is C16H16BrNO2S. The van der Waals surface area contributed by atoms with Crippen LogP contribution in [0.4, 0.5) is 5.69 Å². The zero-order valence-electron chi connectivity index (χ0n) is 11.6. The van der Waals surface area contributed by atoms with Crippen LogP contribution in [0, 0.1) is 6.92 Å². The molecule has 0 bridgehead atoms. The molecule has 0 unspecified atom stereocenters. The van der Waals surface area contributed by atoms with Gasteiger partial charge in [0, 0.05) is 15.1 Å². The van der Waals surface area contributed by atoms with Crippen molar-refractivity contribution in [1.29, 1.82) is 0 Å². The molecule has 0 aliphatic rings. The minimum atomic E-state index is -0.0425. The number of halogens is 1. The summed E-state index contributed by atoms with van der Waals surface area (Å²) in [6.45, 7) is 2.03. The van der Waals surface area contributed by atoms with Crippen LogP contribution in [0.1, 0.15) is 11.1 Å². The van der Waals surface area contributed by atoms with Crippen molar-refractivity contribution in [3.63, 3.8) is 0 Å². The van der Waals surface area contributed by atoms with Crippen LogP contribution >= 0.6 is 27.7 Å². The Morgan fingerprint density at radius 1 is 1.24 bits per heavy atom. The SMILES string of the molecule is Cc1cc(Br)ccc1SCC(=O)Nc1ccc(CO)cc1. The predicted octanol–water partition coefficient (Wildman–Crippen LogP) is 3.98. The van der Waals surface area contributed by atoms with Crippen molar-refractivity contribution in [2.45, 2.75) is 18.4 Å². The zero-order valence-corrected chi connectivity index (χ0v) is 14.0. The molecule has 2 aromatic carbocycles. The second-order valence-electron chi connectivity index (χ2n) is 4.60. The van der Waals surface area contributed by atoms with E-state index in [1.807, 2.05) is 25.1 Å². The van der Waals surface area contributed by atoms with Gasteiger partial charge in [0.15, 0.2) is 0 Å². The maximum Gasteiger partial charge on any atom is 0.234 e. The molecule has 0 fully saturated rings. The van der Waals surface area contributed by atoms with Crippen LogP contribution in [-0.4, -0.2) is 16.8 Å². The van der Waals surface area contributed by atoms with Gasteiger partial charge in [0.25, 0.3) is 0 Å². The minimum absolute atomic E-state index is 0.00687. The fourth-order valence-corrected chi connectivity index (χ4v) is 3.09. The number of aliphatic hydroxyl groups excluding tert-OH is 1. The van der Waals surface area contributed by atoms with E-state index in [0.29, 0.717) is 5.75 Å². The topological polar surface area (TPSA) is 49.3 Å². The van der Waals surface area contributed by atoms with Gasteiger partial charge in [-0.25, -0.2) is 0 Å². The van der Waals surface area contributed by atoms with Crippen LogP contribution in [-0.2, 0) is 11.4 Å². The molecule has 0 saturated carbocycles. The lowest BCUT2D eigenvalue weighted by molar-refractivity contribution is -0.113. The van der Waals surface area contributed by atoms with E-state index in [0.717, 1.165) is 26.2 Å². The monoisotopic (exact) mass is 365 g/mol. The number of aryl methyl sites for hydroxylation is 1. The van der Waals surface area contributed by atoms with Gasteiger partial charge in [-0.2, -0.15) is 0 Å². The molecule has 0 aliphatic carbocycles. The highest BCUT2D eigenvalue weighted by Crippen LogP contribution is 2.25. The van der Waals surface area contributed by atoms with E-state index in [9.17, 15) is 4.79 Å². The summed E-state index contributed by atoms with van der Waals surface area (Å²) in [5.74, 6) is 0.323. The summed E-state index contributed by atoms with van der Waals surface area (Å²) < 4.78 is 1.04. The number of anilines is 1. The molecule has 0 atom stereocenters.